The van der Waals surface area contributed by atoms with Crippen LogP contribution in [0.5, 0.6) is 0 Å². The second-order valence-corrected chi connectivity index (χ2v) is 6.10. The van der Waals surface area contributed by atoms with Crippen molar-refractivity contribution in [3.63, 3.8) is 0 Å². The average Bonchev–Trinajstić information content (AvgIpc) is 2.91. The van der Waals surface area contributed by atoms with Crippen LogP contribution in [0.25, 0.3) is 0 Å². The van der Waals surface area contributed by atoms with Crippen LogP contribution in [0.15, 0.2) is 0 Å². The van der Waals surface area contributed by atoms with E-state index in [4.69, 9.17) is 0 Å². The molecule has 0 aliphatic carbocycles. The number of carboxylic acids is 1. The van der Waals surface area contributed by atoms with Crippen molar-refractivity contribution < 1.29 is 9.90 Å². The Kier molecular flexibility index (Phi) is 2.67. The number of rotatable bonds is 2. The van der Waals surface area contributed by atoms with E-state index >= 15 is 0 Å². The molecule has 0 aromatic heterocycles. The average molecular weight is 238 g/mol. The van der Waals surface area contributed by atoms with Gasteiger partial charge in [-0.25, -0.2) is 0 Å². The second kappa shape index (κ2) is 3.95. The summed E-state index contributed by atoms with van der Waals surface area (Å²) in [6.45, 7) is 3.38. The third-order valence-corrected chi connectivity index (χ3v) is 5.19. The molecule has 3 rings (SSSR count). The van der Waals surface area contributed by atoms with Crippen LogP contribution in [0.4, 0.5) is 0 Å². The SMILES string of the molecule is CC1CC(N2C3CCC2C(C(=O)O)C3)CN1C. The standard InChI is InChI=1S/C13H22N2O2/c1-8-5-10(7-14(8)2)15-9-3-4-12(15)11(6-9)13(16)17/h8-12H,3-7H2,1-2H3,(H,16,17). The molecule has 17 heavy (non-hydrogen) atoms. The highest BCUT2D eigenvalue weighted by Crippen LogP contribution is 2.44. The van der Waals surface area contributed by atoms with Crippen molar-refractivity contribution in [2.24, 2.45) is 5.92 Å². The molecular formula is C13H22N2O2. The van der Waals surface area contributed by atoms with Crippen molar-refractivity contribution in [3.05, 3.63) is 0 Å². The van der Waals surface area contributed by atoms with E-state index in [0.717, 1.165) is 19.4 Å². The number of hydrogen-bond donors (Lipinski definition) is 1. The molecule has 3 aliphatic heterocycles. The Balaban J connectivity index is 1.75. The number of carboxylic acid groups (broad SMARTS) is 1. The van der Waals surface area contributed by atoms with E-state index in [1.807, 2.05) is 0 Å². The third-order valence-electron chi connectivity index (χ3n) is 5.19. The van der Waals surface area contributed by atoms with Crippen molar-refractivity contribution >= 4 is 5.97 Å². The van der Waals surface area contributed by atoms with Crippen LogP contribution < -0.4 is 0 Å². The van der Waals surface area contributed by atoms with Crippen LogP contribution in [0, 0.1) is 5.92 Å². The van der Waals surface area contributed by atoms with Crippen LogP contribution >= 0.6 is 0 Å². The molecular weight excluding hydrogens is 216 g/mol. The fraction of sp³-hybridized carbons (Fsp3) is 0.923. The molecule has 5 unspecified atom stereocenters. The molecule has 0 amide bonds. The molecule has 0 saturated carbocycles. The van der Waals surface area contributed by atoms with Gasteiger partial charge in [-0.2, -0.15) is 0 Å². The molecule has 0 radical (unpaired) electrons. The number of fused-ring (bicyclic) bond motifs is 2. The Bertz CT molecular complexity index is 323. The van der Waals surface area contributed by atoms with Crippen molar-refractivity contribution in [2.75, 3.05) is 13.6 Å². The molecule has 5 atom stereocenters. The first kappa shape index (κ1) is 11.5. The lowest BCUT2D eigenvalue weighted by Crippen LogP contribution is -2.42. The summed E-state index contributed by atoms with van der Waals surface area (Å²) in [5.41, 5.74) is 0. The molecule has 3 aliphatic rings. The lowest BCUT2D eigenvalue weighted by Gasteiger charge is -2.29. The minimum atomic E-state index is -0.582. The summed E-state index contributed by atoms with van der Waals surface area (Å²) in [7, 11) is 2.18. The molecule has 4 heteroatoms. The number of nitrogens with zero attached hydrogens (tertiary/aromatic N) is 2. The number of carbonyl (C=O) groups is 1. The molecule has 2 bridgehead atoms. The van der Waals surface area contributed by atoms with Crippen LogP contribution in [0.1, 0.15) is 32.6 Å². The van der Waals surface area contributed by atoms with Crippen LogP contribution in [0.2, 0.25) is 0 Å². The Labute approximate surface area is 103 Å². The van der Waals surface area contributed by atoms with E-state index in [9.17, 15) is 9.90 Å². The first-order valence-corrected chi connectivity index (χ1v) is 6.78. The molecule has 0 aromatic carbocycles. The first-order chi connectivity index (χ1) is 8.08. The molecule has 96 valence electrons. The highest BCUT2D eigenvalue weighted by Gasteiger charge is 2.52. The molecule has 1 N–H and O–H groups in total. The number of likely N-dealkylation sites (tertiary alicyclic amines) is 1. The highest BCUT2D eigenvalue weighted by atomic mass is 16.4. The van der Waals surface area contributed by atoms with Gasteiger partial charge in [-0.3, -0.25) is 9.69 Å². The topological polar surface area (TPSA) is 43.8 Å². The van der Waals surface area contributed by atoms with Crippen LogP contribution in [-0.4, -0.2) is 58.6 Å². The predicted octanol–water partition coefficient (Wildman–Crippen LogP) is 1.02. The molecule has 0 aromatic rings. The highest BCUT2D eigenvalue weighted by molar-refractivity contribution is 5.71. The first-order valence-electron chi connectivity index (χ1n) is 6.78. The van der Waals surface area contributed by atoms with Crippen molar-refractivity contribution in [2.45, 2.75) is 56.8 Å². The summed E-state index contributed by atoms with van der Waals surface area (Å²) < 4.78 is 0. The molecule has 4 nitrogen and oxygen atoms in total. The third kappa shape index (κ3) is 1.69. The summed E-state index contributed by atoms with van der Waals surface area (Å²) in [6, 6.07) is 2.10. The Morgan fingerprint density at radius 2 is 2.00 bits per heavy atom. The number of hydrogen-bond acceptors (Lipinski definition) is 3. The van der Waals surface area contributed by atoms with Gasteiger partial charge in [-0.15, -0.1) is 0 Å². The van der Waals surface area contributed by atoms with Crippen molar-refractivity contribution in [3.8, 4) is 0 Å². The van der Waals surface area contributed by atoms with E-state index in [-0.39, 0.29) is 5.92 Å². The minimum Gasteiger partial charge on any atom is -0.481 e. The monoisotopic (exact) mass is 238 g/mol. The smallest absolute Gasteiger partial charge is 0.308 e. The van der Waals surface area contributed by atoms with Gasteiger partial charge < -0.3 is 10.0 Å². The molecule has 3 heterocycles. The van der Waals surface area contributed by atoms with E-state index in [1.165, 1.54) is 12.8 Å². The lowest BCUT2D eigenvalue weighted by atomic mass is 9.89. The van der Waals surface area contributed by atoms with Crippen molar-refractivity contribution in [1.29, 1.82) is 0 Å². The van der Waals surface area contributed by atoms with E-state index in [2.05, 4.69) is 23.8 Å². The normalized spacial score (nSPS) is 46.8. The zero-order valence-corrected chi connectivity index (χ0v) is 10.7. The summed E-state index contributed by atoms with van der Waals surface area (Å²) in [4.78, 5) is 16.2. The van der Waals surface area contributed by atoms with Gasteiger partial charge in [-0.1, -0.05) is 0 Å². The Morgan fingerprint density at radius 3 is 2.53 bits per heavy atom. The van der Waals surface area contributed by atoms with Crippen molar-refractivity contribution in [1.82, 2.24) is 9.80 Å². The quantitative estimate of drug-likeness (QED) is 0.780. The Hall–Kier alpha value is -0.610. The summed E-state index contributed by atoms with van der Waals surface area (Å²) >= 11 is 0. The maximum atomic E-state index is 11.2. The zero-order valence-electron chi connectivity index (χ0n) is 10.7. The summed E-state index contributed by atoms with van der Waals surface area (Å²) in [5.74, 6) is -0.684. The van der Waals surface area contributed by atoms with E-state index in [0.29, 0.717) is 24.2 Å². The maximum absolute atomic E-state index is 11.2. The van der Waals surface area contributed by atoms with E-state index in [1.54, 1.807) is 0 Å². The van der Waals surface area contributed by atoms with E-state index < -0.39 is 5.97 Å². The summed E-state index contributed by atoms with van der Waals surface area (Å²) in [5, 5.41) is 9.26. The minimum absolute atomic E-state index is 0.102. The largest absolute Gasteiger partial charge is 0.481 e. The van der Waals surface area contributed by atoms with Crippen LogP contribution in [-0.2, 0) is 4.79 Å². The maximum Gasteiger partial charge on any atom is 0.308 e. The van der Waals surface area contributed by atoms with Gasteiger partial charge in [0.15, 0.2) is 0 Å². The van der Waals surface area contributed by atoms with Gasteiger partial charge in [0.2, 0.25) is 0 Å². The Morgan fingerprint density at radius 1 is 1.24 bits per heavy atom. The lowest BCUT2D eigenvalue weighted by molar-refractivity contribution is -0.142. The van der Waals surface area contributed by atoms with Gasteiger partial charge in [-0.05, 0) is 39.7 Å². The van der Waals surface area contributed by atoms with Gasteiger partial charge >= 0.3 is 5.97 Å². The molecule has 3 fully saturated rings. The van der Waals surface area contributed by atoms with Gasteiger partial charge in [0.25, 0.3) is 0 Å². The van der Waals surface area contributed by atoms with Crippen LogP contribution in [0.3, 0.4) is 0 Å². The molecule has 3 saturated heterocycles. The van der Waals surface area contributed by atoms with Gasteiger partial charge in [0.05, 0.1) is 5.92 Å². The van der Waals surface area contributed by atoms with Gasteiger partial charge in [0, 0.05) is 30.7 Å². The molecule has 0 spiro atoms. The zero-order chi connectivity index (χ0) is 12.2. The summed E-state index contributed by atoms with van der Waals surface area (Å²) in [6.07, 6.45) is 4.39. The second-order valence-electron chi connectivity index (χ2n) is 6.10. The fourth-order valence-electron chi connectivity index (χ4n) is 4.24. The number of aliphatic carboxylic acids is 1. The number of likely N-dealkylation sites (N-methyl/N-ethyl adjacent to an activating group) is 1. The predicted molar refractivity (Wildman–Crippen MR) is 64.9 cm³/mol. The van der Waals surface area contributed by atoms with Gasteiger partial charge in [0.1, 0.15) is 0 Å². The fourth-order valence-corrected chi connectivity index (χ4v) is 4.24.